The molecule has 16 heavy (non-hydrogen) atoms. The Morgan fingerprint density at radius 1 is 1.44 bits per heavy atom. The molecular formula is C13H22N2S. The van der Waals surface area contributed by atoms with Crippen molar-refractivity contribution in [2.45, 2.75) is 51.9 Å². The Morgan fingerprint density at radius 3 is 2.75 bits per heavy atom. The van der Waals surface area contributed by atoms with Crippen LogP contribution >= 0.6 is 11.3 Å². The predicted octanol–water partition coefficient (Wildman–Crippen LogP) is 3.33. The molecule has 90 valence electrons. The third kappa shape index (κ3) is 2.83. The minimum atomic E-state index is 0.185. The van der Waals surface area contributed by atoms with Crippen LogP contribution in [0.3, 0.4) is 0 Å². The summed E-state index contributed by atoms with van der Waals surface area (Å²) in [5.74, 6) is 0.742. The van der Waals surface area contributed by atoms with Gasteiger partial charge in [0.15, 0.2) is 0 Å². The SMILES string of the molecule is CC(C)(CN)Cc1nc(C2CCCC2)cs1. The summed E-state index contributed by atoms with van der Waals surface area (Å²) in [5, 5.41) is 3.52. The Kier molecular flexibility index (Phi) is 3.65. The second-order valence-electron chi connectivity index (χ2n) is 5.69. The summed E-state index contributed by atoms with van der Waals surface area (Å²) >= 11 is 1.81. The number of rotatable bonds is 4. The smallest absolute Gasteiger partial charge is 0.0934 e. The van der Waals surface area contributed by atoms with Gasteiger partial charge in [0.05, 0.1) is 10.7 Å². The number of nitrogens with two attached hydrogens (primary N) is 1. The maximum Gasteiger partial charge on any atom is 0.0934 e. The Morgan fingerprint density at radius 2 is 2.12 bits per heavy atom. The average molecular weight is 238 g/mol. The lowest BCUT2D eigenvalue weighted by Gasteiger charge is -2.20. The van der Waals surface area contributed by atoms with E-state index < -0.39 is 0 Å². The molecule has 2 rings (SSSR count). The van der Waals surface area contributed by atoms with Crippen LogP contribution in [0.15, 0.2) is 5.38 Å². The first-order valence-corrected chi connectivity index (χ1v) is 7.13. The Labute approximate surface area is 102 Å². The highest BCUT2D eigenvalue weighted by atomic mass is 32.1. The van der Waals surface area contributed by atoms with Crippen molar-refractivity contribution in [2.24, 2.45) is 11.1 Å². The fourth-order valence-electron chi connectivity index (χ4n) is 2.30. The maximum absolute atomic E-state index is 5.76. The molecule has 1 saturated carbocycles. The predicted molar refractivity (Wildman–Crippen MR) is 69.9 cm³/mol. The molecular weight excluding hydrogens is 216 g/mol. The molecule has 0 bridgehead atoms. The first-order valence-electron chi connectivity index (χ1n) is 6.25. The van der Waals surface area contributed by atoms with Crippen molar-refractivity contribution >= 4 is 11.3 Å². The topological polar surface area (TPSA) is 38.9 Å². The van der Waals surface area contributed by atoms with Gasteiger partial charge in [0.25, 0.3) is 0 Å². The van der Waals surface area contributed by atoms with Gasteiger partial charge < -0.3 is 5.73 Å². The number of aromatic nitrogens is 1. The monoisotopic (exact) mass is 238 g/mol. The van der Waals surface area contributed by atoms with E-state index in [0.29, 0.717) is 0 Å². The highest BCUT2D eigenvalue weighted by Gasteiger charge is 2.22. The normalized spacial score (nSPS) is 18.2. The van der Waals surface area contributed by atoms with Crippen molar-refractivity contribution in [1.29, 1.82) is 0 Å². The van der Waals surface area contributed by atoms with Crippen LogP contribution < -0.4 is 5.73 Å². The van der Waals surface area contributed by atoms with Crippen LogP contribution in [-0.2, 0) is 6.42 Å². The molecule has 0 atom stereocenters. The molecule has 1 aliphatic rings. The van der Waals surface area contributed by atoms with E-state index in [0.717, 1.165) is 18.9 Å². The summed E-state index contributed by atoms with van der Waals surface area (Å²) in [5.41, 5.74) is 7.28. The summed E-state index contributed by atoms with van der Waals surface area (Å²) in [7, 11) is 0. The van der Waals surface area contributed by atoms with Gasteiger partial charge in [-0.15, -0.1) is 11.3 Å². The van der Waals surface area contributed by atoms with E-state index in [9.17, 15) is 0 Å². The Hall–Kier alpha value is -0.410. The molecule has 0 amide bonds. The fraction of sp³-hybridized carbons (Fsp3) is 0.769. The van der Waals surface area contributed by atoms with Crippen molar-refractivity contribution in [3.8, 4) is 0 Å². The second-order valence-corrected chi connectivity index (χ2v) is 6.64. The maximum atomic E-state index is 5.76. The summed E-state index contributed by atoms with van der Waals surface area (Å²) in [6, 6.07) is 0. The largest absolute Gasteiger partial charge is 0.330 e. The van der Waals surface area contributed by atoms with Crippen LogP contribution in [0, 0.1) is 5.41 Å². The zero-order valence-corrected chi connectivity index (χ0v) is 11.1. The van der Waals surface area contributed by atoms with E-state index >= 15 is 0 Å². The first kappa shape index (κ1) is 12.1. The second kappa shape index (κ2) is 4.84. The van der Waals surface area contributed by atoms with Crippen molar-refractivity contribution in [3.05, 3.63) is 16.1 Å². The molecule has 0 unspecified atom stereocenters. The van der Waals surface area contributed by atoms with Crippen LogP contribution in [0.4, 0.5) is 0 Å². The molecule has 3 heteroatoms. The zero-order chi connectivity index (χ0) is 11.6. The molecule has 0 spiro atoms. The number of hydrogen-bond donors (Lipinski definition) is 1. The van der Waals surface area contributed by atoms with Gasteiger partial charge in [-0.25, -0.2) is 4.98 Å². The molecule has 1 fully saturated rings. The van der Waals surface area contributed by atoms with Crippen molar-refractivity contribution in [3.63, 3.8) is 0 Å². The quantitative estimate of drug-likeness (QED) is 0.874. The average Bonchev–Trinajstić information content (AvgIpc) is 2.86. The van der Waals surface area contributed by atoms with Crippen molar-refractivity contribution < 1.29 is 0 Å². The number of nitrogens with zero attached hydrogens (tertiary/aromatic N) is 1. The van der Waals surface area contributed by atoms with Crippen LogP contribution in [0.5, 0.6) is 0 Å². The van der Waals surface area contributed by atoms with Gasteiger partial charge in [-0.3, -0.25) is 0 Å². The molecule has 0 radical (unpaired) electrons. The van der Waals surface area contributed by atoms with Gasteiger partial charge in [-0.1, -0.05) is 26.7 Å². The van der Waals surface area contributed by atoms with Crippen molar-refractivity contribution in [1.82, 2.24) is 4.98 Å². The van der Waals surface area contributed by atoms with Crippen LogP contribution in [0.2, 0.25) is 0 Å². The summed E-state index contributed by atoms with van der Waals surface area (Å²) in [6.07, 6.45) is 6.45. The fourth-order valence-corrected chi connectivity index (χ4v) is 3.43. The van der Waals surface area contributed by atoms with Crippen LogP contribution in [-0.4, -0.2) is 11.5 Å². The Balaban J connectivity index is 2.01. The number of thiazole rings is 1. The summed E-state index contributed by atoms with van der Waals surface area (Å²) < 4.78 is 0. The van der Waals surface area contributed by atoms with Gasteiger partial charge in [0.1, 0.15) is 0 Å². The summed E-state index contributed by atoms with van der Waals surface area (Å²) in [4.78, 5) is 4.79. The lowest BCUT2D eigenvalue weighted by atomic mass is 9.90. The number of hydrogen-bond acceptors (Lipinski definition) is 3. The highest BCUT2D eigenvalue weighted by molar-refractivity contribution is 7.09. The van der Waals surface area contributed by atoms with Crippen LogP contribution in [0.25, 0.3) is 0 Å². The van der Waals surface area contributed by atoms with E-state index in [-0.39, 0.29) is 5.41 Å². The molecule has 1 aromatic heterocycles. The van der Waals surface area contributed by atoms with E-state index in [1.54, 1.807) is 0 Å². The highest BCUT2D eigenvalue weighted by Crippen LogP contribution is 2.35. The molecule has 2 nitrogen and oxygen atoms in total. The molecule has 0 aliphatic heterocycles. The minimum absolute atomic E-state index is 0.185. The van der Waals surface area contributed by atoms with E-state index in [4.69, 9.17) is 10.7 Å². The first-order chi connectivity index (χ1) is 7.61. The molecule has 0 saturated heterocycles. The van der Waals surface area contributed by atoms with Gasteiger partial charge in [-0.05, 0) is 24.8 Å². The minimum Gasteiger partial charge on any atom is -0.330 e. The third-order valence-electron chi connectivity index (χ3n) is 3.53. The van der Waals surface area contributed by atoms with Gasteiger partial charge in [-0.2, -0.15) is 0 Å². The Bertz CT molecular complexity index is 337. The zero-order valence-electron chi connectivity index (χ0n) is 10.3. The standard InChI is InChI=1S/C13H22N2S/c1-13(2,9-14)7-12-15-11(8-16-12)10-5-3-4-6-10/h8,10H,3-7,9,14H2,1-2H3. The van der Waals surface area contributed by atoms with E-state index in [1.165, 1.54) is 36.4 Å². The lowest BCUT2D eigenvalue weighted by molar-refractivity contribution is 0.375. The molecule has 1 aromatic rings. The molecule has 0 aromatic carbocycles. The third-order valence-corrected chi connectivity index (χ3v) is 4.39. The van der Waals surface area contributed by atoms with Crippen LogP contribution in [0.1, 0.15) is 56.2 Å². The lowest BCUT2D eigenvalue weighted by Crippen LogP contribution is -2.25. The van der Waals surface area contributed by atoms with Gasteiger partial charge >= 0.3 is 0 Å². The van der Waals surface area contributed by atoms with Gasteiger partial charge in [0, 0.05) is 17.7 Å². The molecule has 2 N–H and O–H groups in total. The van der Waals surface area contributed by atoms with E-state index in [2.05, 4.69) is 19.2 Å². The van der Waals surface area contributed by atoms with Crippen molar-refractivity contribution in [2.75, 3.05) is 6.54 Å². The molecule has 1 heterocycles. The molecule has 1 aliphatic carbocycles. The van der Waals surface area contributed by atoms with E-state index in [1.807, 2.05) is 11.3 Å². The summed E-state index contributed by atoms with van der Waals surface area (Å²) in [6.45, 7) is 5.15. The van der Waals surface area contributed by atoms with Gasteiger partial charge in [0.2, 0.25) is 0 Å².